The lowest BCUT2D eigenvalue weighted by molar-refractivity contribution is 0.598. The van der Waals surface area contributed by atoms with Gasteiger partial charge in [0.15, 0.2) is 0 Å². The van der Waals surface area contributed by atoms with Gasteiger partial charge in [-0.1, -0.05) is 12.2 Å². The number of hydrogen-bond donors (Lipinski definition) is 2. The predicted molar refractivity (Wildman–Crippen MR) is 65.7 cm³/mol. The molecule has 0 spiro atoms. The number of sulfonamides is 1. The fraction of sp³-hybridized carbons (Fsp3) is 0.273. The topological polar surface area (TPSA) is 72.2 Å². The summed E-state index contributed by atoms with van der Waals surface area (Å²) >= 11 is 0. The molecule has 0 radical (unpaired) electrons. The van der Waals surface area contributed by atoms with Crippen LogP contribution in [0.1, 0.15) is 13.3 Å². The smallest absolute Gasteiger partial charge is 0.238 e. The van der Waals surface area contributed by atoms with E-state index >= 15 is 0 Å². The second kappa shape index (κ2) is 5.67. The zero-order chi connectivity index (χ0) is 12.0. The van der Waals surface area contributed by atoms with E-state index in [0.717, 1.165) is 18.7 Å². The molecule has 0 aliphatic heterocycles. The Morgan fingerprint density at radius 3 is 2.44 bits per heavy atom. The van der Waals surface area contributed by atoms with Gasteiger partial charge in [-0.2, -0.15) is 0 Å². The number of nitrogens with one attached hydrogen (secondary N) is 1. The Morgan fingerprint density at radius 1 is 1.31 bits per heavy atom. The fourth-order valence-corrected chi connectivity index (χ4v) is 1.74. The van der Waals surface area contributed by atoms with Gasteiger partial charge in [0, 0.05) is 12.2 Å². The second-order valence-corrected chi connectivity index (χ2v) is 4.92. The summed E-state index contributed by atoms with van der Waals surface area (Å²) in [6.45, 7) is 2.79. The quantitative estimate of drug-likeness (QED) is 0.608. The molecule has 0 aliphatic rings. The van der Waals surface area contributed by atoms with E-state index in [0.29, 0.717) is 0 Å². The van der Waals surface area contributed by atoms with E-state index in [2.05, 4.69) is 11.4 Å². The molecule has 0 bridgehead atoms. The molecule has 0 amide bonds. The summed E-state index contributed by atoms with van der Waals surface area (Å²) in [5.74, 6) is 0. The van der Waals surface area contributed by atoms with Crippen LogP contribution in [-0.2, 0) is 10.0 Å². The predicted octanol–water partition coefficient (Wildman–Crippen LogP) is 1.71. The Morgan fingerprint density at radius 2 is 1.94 bits per heavy atom. The molecule has 88 valence electrons. The number of primary sulfonamides is 1. The Bertz CT molecular complexity index is 449. The Kier molecular flexibility index (Phi) is 4.52. The zero-order valence-corrected chi connectivity index (χ0v) is 10.00. The molecule has 0 fully saturated rings. The van der Waals surface area contributed by atoms with Crippen molar-refractivity contribution in [3.63, 3.8) is 0 Å². The SMILES string of the molecule is C/C=C/CCNc1ccc(S(N)(=O)=O)cc1. The molecular weight excluding hydrogens is 224 g/mol. The summed E-state index contributed by atoms with van der Waals surface area (Å²) in [6.07, 6.45) is 4.99. The van der Waals surface area contributed by atoms with Crippen molar-refractivity contribution in [1.82, 2.24) is 0 Å². The van der Waals surface area contributed by atoms with Gasteiger partial charge in [0.05, 0.1) is 4.90 Å². The zero-order valence-electron chi connectivity index (χ0n) is 9.18. The van der Waals surface area contributed by atoms with Crippen LogP contribution in [0.15, 0.2) is 41.3 Å². The van der Waals surface area contributed by atoms with E-state index in [9.17, 15) is 8.42 Å². The van der Waals surface area contributed by atoms with Gasteiger partial charge < -0.3 is 5.32 Å². The maximum atomic E-state index is 11.0. The second-order valence-electron chi connectivity index (χ2n) is 3.35. The molecule has 1 aromatic rings. The molecule has 1 rings (SSSR count). The molecule has 0 saturated heterocycles. The summed E-state index contributed by atoms with van der Waals surface area (Å²) in [5, 5.41) is 8.16. The standard InChI is InChI=1S/C11H16N2O2S/c1-2-3-4-9-13-10-5-7-11(8-6-10)16(12,14)15/h2-3,5-8,13H,4,9H2,1H3,(H2,12,14,15)/b3-2+. The van der Waals surface area contributed by atoms with E-state index in [4.69, 9.17) is 5.14 Å². The van der Waals surface area contributed by atoms with Crippen molar-refractivity contribution in [3.8, 4) is 0 Å². The normalized spacial score (nSPS) is 11.9. The van der Waals surface area contributed by atoms with Crippen molar-refractivity contribution >= 4 is 15.7 Å². The molecule has 0 heterocycles. The first-order valence-electron chi connectivity index (χ1n) is 5.02. The highest BCUT2D eigenvalue weighted by Gasteiger charge is 2.05. The molecular formula is C11H16N2O2S. The van der Waals surface area contributed by atoms with Gasteiger partial charge in [0.25, 0.3) is 0 Å². The van der Waals surface area contributed by atoms with Crippen molar-refractivity contribution in [2.75, 3.05) is 11.9 Å². The number of rotatable bonds is 5. The van der Waals surface area contributed by atoms with Gasteiger partial charge in [-0.05, 0) is 37.6 Å². The minimum atomic E-state index is -3.59. The summed E-state index contributed by atoms with van der Waals surface area (Å²) in [6, 6.07) is 6.39. The van der Waals surface area contributed by atoms with Gasteiger partial charge in [0.2, 0.25) is 10.0 Å². The lowest BCUT2D eigenvalue weighted by atomic mass is 10.3. The molecule has 16 heavy (non-hydrogen) atoms. The molecule has 0 aromatic heterocycles. The lowest BCUT2D eigenvalue weighted by Crippen LogP contribution is -2.12. The summed E-state index contributed by atoms with van der Waals surface area (Å²) < 4.78 is 22.0. The van der Waals surface area contributed by atoms with Gasteiger partial charge in [0.1, 0.15) is 0 Å². The fourth-order valence-electron chi connectivity index (χ4n) is 1.23. The molecule has 0 saturated carbocycles. The van der Waals surface area contributed by atoms with Crippen molar-refractivity contribution < 1.29 is 8.42 Å². The Hall–Kier alpha value is -1.33. The van der Waals surface area contributed by atoms with Crippen LogP contribution < -0.4 is 10.5 Å². The van der Waals surface area contributed by atoms with Crippen molar-refractivity contribution in [2.45, 2.75) is 18.2 Å². The third-order valence-electron chi connectivity index (χ3n) is 2.06. The minimum absolute atomic E-state index is 0.131. The first-order chi connectivity index (χ1) is 7.54. The highest BCUT2D eigenvalue weighted by atomic mass is 32.2. The summed E-state index contributed by atoms with van der Waals surface area (Å²) in [5.41, 5.74) is 0.886. The molecule has 0 unspecified atom stereocenters. The van der Waals surface area contributed by atoms with E-state index in [1.807, 2.05) is 13.0 Å². The van der Waals surface area contributed by atoms with E-state index < -0.39 is 10.0 Å². The molecule has 4 nitrogen and oxygen atoms in total. The monoisotopic (exact) mass is 240 g/mol. The average Bonchev–Trinajstić information content (AvgIpc) is 2.24. The maximum Gasteiger partial charge on any atom is 0.238 e. The number of benzene rings is 1. The Balaban J connectivity index is 2.59. The van der Waals surface area contributed by atoms with Gasteiger partial charge in [-0.15, -0.1) is 0 Å². The van der Waals surface area contributed by atoms with Crippen LogP contribution in [0.25, 0.3) is 0 Å². The van der Waals surface area contributed by atoms with Crippen molar-refractivity contribution in [2.24, 2.45) is 5.14 Å². The van der Waals surface area contributed by atoms with Crippen LogP contribution >= 0.6 is 0 Å². The third kappa shape index (κ3) is 4.04. The van der Waals surface area contributed by atoms with Crippen LogP contribution in [-0.4, -0.2) is 15.0 Å². The first-order valence-corrected chi connectivity index (χ1v) is 6.56. The van der Waals surface area contributed by atoms with Crippen LogP contribution in [0.2, 0.25) is 0 Å². The van der Waals surface area contributed by atoms with Crippen LogP contribution in [0.3, 0.4) is 0 Å². The lowest BCUT2D eigenvalue weighted by Gasteiger charge is -2.05. The number of nitrogens with two attached hydrogens (primary N) is 1. The van der Waals surface area contributed by atoms with E-state index in [-0.39, 0.29) is 4.90 Å². The summed E-state index contributed by atoms with van der Waals surface area (Å²) in [7, 11) is -3.59. The van der Waals surface area contributed by atoms with Gasteiger partial charge in [-0.3, -0.25) is 0 Å². The molecule has 3 N–H and O–H groups in total. The molecule has 1 aromatic carbocycles. The van der Waals surface area contributed by atoms with Crippen LogP contribution in [0.4, 0.5) is 5.69 Å². The number of allylic oxidation sites excluding steroid dienone is 1. The van der Waals surface area contributed by atoms with Crippen molar-refractivity contribution in [1.29, 1.82) is 0 Å². The Labute approximate surface area is 96.2 Å². The highest BCUT2D eigenvalue weighted by Crippen LogP contribution is 2.12. The average molecular weight is 240 g/mol. The maximum absolute atomic E-state index is 11.0. The molecule has 5 heteroatoms. The number of hydrogen-bond acceptors (Lipinski definition) is 3. The van der Waals surface area contributed by atoms with Gasteiger partial charge >= 0.3 is 0 Å². The highest BCUT2D eigenvalue weighted by molar-refractivity contribution is 7.89. The van der Waals surface area contributed by atoms with Crippen LogP contribution in [0.5, 0.6) is 0 Å². The van der Waals surface area contributed by atoms with Crippen LogP contribution in [0, 0.1) is 0 Å². The van der Waals surface area contributed by atoms with Crippen molar-refractivity contribution in [3.05, 3.63) is 36.4 Å². The third-order valence-corrected chi connectivity index (χ3v) is 2.99. The molecule has 0 atom stereocenters. The van der Waals surface area contributed by atoms with E-state index in [1.165, 1.54) is 12.1 Å². The molecule has 0 aliphatic carbocycles. The van der Waals surface area contributed by atoms with E-state index in [1.54, 1.807) is 12.1 Å². The first kappa shape index (κ1) is 12.7. The number of anilines is 1. The van der Waals surface area contributed by atoms with Gasteiger partial charge in [-0.25, -0.2) is 13.6 Å². The largest absolute Gasteiger partial charge is 0.385 e. The summed E-state index contributed by atoms with van der Waals surface area (Å²) in [4.78, 5) is 0.131. The minimum Gasteiger partial charge on any atom is -0.385 e.